The molecule has 1 aromatic heterocycles. The summed E-state index contributed by atoms with van der Waals surface area (Å²) < 4.78 is 6.45. The van der Waals surface area contributed by atoms with Crippen LogP contribution in [0.5, 0.6) is 0 Å². The van der Waals surface area contributed by atoms with E-state index in [0.29, 0.717) is 35.3 Å². The Morgan fingerprint density at radius 2 is 1.88 bits per heavy atom. The molecule has 2 aromatic carbocycles. The number of fused-ring (bicyclic) bond motifs is 1. The molecule has 8 heteroatoms. The molecule has 166 valence electrons. The predicted molar refractivity (Wildman–Crippen MR) is 120 cm³/mol. The molecule has 1 saturated carbocycles. The van der Waals surface area contributed by atoms with Crippen molar-refractivity contribution in [3.8, 4) is 0 Å². The average molecular weight is 434 g/mol. The second-order valence-corrected chi connectivity index (χ2v) is 8.10. The van der Waals surface area contributed by atoms with Crippen LogP contribution >= 0.6 is 0 Å². The Morgan fingerprint density at radius 3 is 2.66 bits per heavy atom. The van der Waals surface area contributed by atoms with Gasteiger partial charge in [0.25, 0.3) is 5.56 Å². The number of hydrogen-bond acceptors (Lipinski definition) is 6. The van der Waals surface area contributed by atoms with E-state index in [1.54, 1.807) is 43.3 Å². The maximum atomic E-state index is 12.7. The third-order valence-electron chi connectivity index (χ3n) is 5.92. The first-order valence-corrected chi connectivity index (χ1v) is 11.0. The summed E-state index contributed by atoms with van der Waals surface area (Å²) in [6.45, 7) is 2.56. The molecule has 1 aliphatic carbocycles. The number of ether oxygens (including phenoxy) is 1. The molecule has 1 fully saturated rings. The molecule has 1 aliphatic rings. The van der Waals surface area contributed by atoms with Gasteiger partial charge < -0.3 is 10.1 Å². The maximum absolute atomic E-state index is 12.7. The van der Waals surface area contributed by atoms with E-state index in [4.69, 9.17) is 4.74 Å². The summed E-state index contributed by atoms with van der Waals surface area (Å²) in [5, 5.41) is 11.7. The Balaban J connectivity index is 1.33. The van der Waals surface area contributed by atoms with E-state index in [2.05, 4.69) is 15.6 Å². The summed E-state index contributed by atoms with van der Waals surface area (Å²) in [5.41, 5.74) is 1.47. The molecule has 4 rings (SSSR count). The first kappa shape index (κ1) is 21.7. The molecule has 1 amide bonds. The molecule has 0 spiro atoms. The standard InChI is InChI=1S/C24H26N4O4/c1-2-32-24(31)18-6-5-7-19(14-18)25-22(29)17-12-10-16(11-13-17)15-28-23(30)20-8-3-4-9-21(20)26-27-28/h3-9,14,16-17H,2,10-13,15H2,1H3,(H,25,29). The number of nitrogens with zero attached hydrogens (tertiary/aromatic N) is 3. The van der Waals surface area contributed by atoms with Crippen LogP contribution in [0.15, 0.2) is 53.3 Å². The highest BCUT2D eigenvalue weighted by atomic mass is 16.5. The highest BCUT2D eigenvalue weighted by Gasteiger charge is 2.27. The topological polar surface area (TPSA) is 103 Å². The molecule has 0 radical (unpaired) electrons. The number of carbonyl (C=O) groups is 2. The molecule has 8 nitrogen and oxygen atoms in total. The Bertz CT molecular complexity index is 1180. The van der Waals surface area contributed by atoms with Gasteiger partial charge in [0.15, 0.2) is 0 Å². The average Bonchev–Trinajstić information content (AvgIpc) is 2.82. The first-order chi connectivity index (χ1) is 15.5. The summed E-state index contributed by atoms with van der Waals surface area (Å²) in [5.74, 6) is -0.278. The van der Waals surface area contributed by atoms with Gasteiger partial charge >= 0.3 is 5.97 Å². The molecule has 0 saturated heterocycles. The fraction of sp³-hybridized carbons (Fsp3) is 0.375. The zero-order valence-corrected chi connectivity index (χ0v) is 18.0. The molecule has 0 unspecified atom stereocenters. The third kappa shape index (κ3) is 4.85. The van der Waals surface area contributed by atoms with Gasteiger partial charge in [-0.25, -0.2) is 9.48 Å². The van der Waals surface area contributed by atoms with Crippen LogP contribution in [-0.4, -0.2) is 33.5 Å². The van der Waals surface area contributed by atoms with E-state index in [0.717, 1.165) is 25.7 Å². The van der Waals surface area contributed by atoms with E-state index < -0.39 is 5.97 Å². The van der Waals surface area contributed by atoms with E-state index in [-0.39, 0.29) is 23.3 Å². The number of hydrogen-bond donors (Lipinski definition) is 1. The predicted octanol–water partition coefficient (Wildman–Crippen LogP) is 3.41. The van der Waals surface area contributed by atoms with Gasteiger partial charge in [0.05, 0.1) is 17.6 Å². The molecule has 0 aliphatic heterocycles. The van der Waals surface area contributed by atoms with Crippen molar-refractivity contribution in [3.63, 3.8) is 0 Å². The van der Waals surface area contributed by atoms with Crippen molar-refractivity contribution in [1.29, 1.82) is 0 Å². The van der Waals surface area contributed by atoms with Gasteiger partial charge in [-0.3, -0.25) is 9.59 Å². The number of aromatic nitrogens is 3. The number of rotatable bonds is 6. The van der Waals surface area contributed by atoms with Crippen molar-refractivity contribution < 1.29 is 14.3 Å². The van der Waals surface area contributed by atoms with Crippen LogP contribution in [0.2, 0.25) is 0 Å². The number of nitrogens with one attached hydrogen (secondary N) is 1. The van der Waals surface area contributed by atoms with Crippen LogP contribution in [0.4, 0.5) is 5.69 Å². The summed E-state index contributed by atoms with van der Waals surface area (Å²) in [6.07, 6.45) is 3.15. The molecular formula is C24H26N4O4. The molecule has 1 N–H and O–H groups in total. The summed E-state index contributed by atoms with van der Waals surface area (Å²) >= 11 is 0. The minimum absolute atomic E-state index is 0.0490. The van der Waals surface area contributed by atoms with Crippen molar-refractivity contribution in [1.82, 2.24) is 15.0 Å². The quantitative estimate of drug-likeness (QED) is 0.597. The van der Waals surface area contributed by atoms with Crippen LogP contribution in [0.1, 0.15) is 43.0 Å². The van der Waals surface area contributed by atoms with E-state index in [9.17, 15) is 14.4 Å². The number of benzene rings is 2. The van der Waals surface area contributed by atoms with Gasteiger partial charge in [-0.05, 0) is 68.9 Å². The number of amides is 1. The van der Waals surface area contributed by atoms with Gasteiger partial charge in [0.2, 0.25) is 5.91 Å². The zero-order valence-electron chi connectivity index (χ0n) is 18.0. The lowest BCUT2D eigenvalue weighted by atomic mass is 9.81. The zero-order chi connectivity index (χ0) is 22.5. The maximum Gasteiger partial charge on any atom is 0.338 e. The van der Waals surface area contributed by atoms with Crippen molar-refractivity contribution >= 4 is 28.5 Å². The number of carbonyl (C=O) groups excluding carboxylic acids is 2. The second-order valence-electron chi connectivity index (χ2n) is 8.10. The summed E-state index contributed by atoms with van der Waals surface area (Å²) in [4.78, 5) is 37.3. The minimum atomic E-state index is -0.406. The fourth-order valence-corrected chi connectivity index (χ4v) is 4.18. The van der Waals surface area contributed by atoms with Gasteiger partial charge in [0, 0.05) is 18.2 Å². The Morgan fingerprint density at radius 1 is 1.09 bits per heavy atom. The smallest absolute Gasteiger partial charge is 0.338 e. The highest BCUT2D eigenvalue weighted by Crippen LogP contribution is 2.30. The lowest BCUT2D eigenvalue weighted by Gasteiger charge is -2.27. The van der Waals surface area contributed by atoms with Crippen LogP contribution in [0.3, 0.4) is 0 Å². The van der Waals surface area contributed by atoms with Crippen LogP contribution in [-0.2, 0) is 16.1 Å². The van der Waals surface area contributed by atoms with Crippen LogP contribution in [0, 0.1) is 11.8 Å². The molecule has 3 aromatic rings. The van der Waals surface area contributed by atoms with Gasteiger partial charge in [-0.2, -0.15) is 0 Å². The lowest BCUT2D eigenvalue weighted by Crippen LogP contribution is -2.32. The largest absolute Gasteiger partial charge is 0.462 e. The molecule has 1 heterocycles. The normalized spacial score (nSPS) is 18.3. The molecular weight excluding hydrogens is 408 g/mol. The van der Waals surface area contributed by atoms with Crippen molar-refractivity contribution in [2.75, 3.05) is 11.9 Å². The first-order valence-electron chi connectivity index (χ1n) is 11.0. The lowest BCUT2D eigenvalue weighted by molar-refractivity contribution is -0.121. The molecule has 0 bridgehead atoms. The van der Waals surface area contributed by atoms with Crippen LogP contribution < -0.4 is 10.9 Å². The van der Waals surface area contributed by atoms with Crippen molar-refractivity contribution in [2.45, 2.75) is 39.2 Å². The highest BCUT2D eigenvalue weighted by molar-refractivity contribution is 5.95. The monoisotopic (exact) mass is 434 g/mol. The summed E-state index contributed by atoms with van der Waals surface area (Å²) in [6, 6.07) is 14.0. The Hall–Kier alpha value is -3.55. The van der Waals surface area contributed by atoms with Crippen molar-refractivity contribution in [2.24, 2.45) is 11.8 Å². The Labute approximate surface area is 185 Å². The van der Waals surface area contributed by atoms with Gasteiger partial charge in [-0.15, -0.1) is 5.10 Å². The Kier molecular flexibility index (Phi) is 6.58. The van der Waals surface area contributed by atoms with Gasteiger partial charge in [-0.1, -0.05) is 23.4 Å². The molecule has 32 heavy (non-hydrogen) atoms. The van der Waals surface area contributed by atoms with Crippen LogP contribution in [0.25, 0.3) is 10.9 Å². The van der Waals surface area contributed by atoms with E-state index in [1.807, 2.05) is 12.1 Å². The van der Waals surface area contributed by atoms with Crippen molar-refractivity contribution in [3.05, 3.63) is 64.4 Å². The SMILES string of the molecule is CCOC(=O)c1cccc(NC(=O)C2CCC(Cn3nnc4ccccc4c3=O)CC2)c1. The summed E-state index contributed by atoms with van der Waals surface area (Å²) in [7, 11) is 0. The second kappa shape index (κ2) is 9.72. The third-order valence-corrected chi connectivity index (χ3v) is 5.92. The van der Waals surface area contributed by atoms with E-state index in [1.165, 1.54) is 4.68 Å². The minimum Gasteiger partial charge on any atom is -0.462 e. The van der Waals surface area contributed by atoms with Gasteiger partial charge in [0.1, 0.15) is 5.52 Å². The molecule has 0 atom stereocenters. The number of anilines is 1. The number of esters is 1. The fourth-order valence-electron chi connectivity index (χ4n) is 4.18. The van der Waals surface area contributed by atoms with E-state index >= 15 is 0 Å².